The average molecular weight is 290 g/mol. The summed E-state index contributed by atoms with van der Waals surface area (Å²) < 4.78 is 9.86. The Morgan fingerprint density at radius 2 is 2.00 bits per heavy atom. The number of carbonyl (C=O) groups is 1. The molecule has 0 heterocycles. The van der Waals surface area contributed by atoms with Gasteiger partial charge in [0.1, 0.15) is 0 Å². The SMILES string of the molecule is CO[C@@H](C=O)OC(CBr)CBr. The van der Waals surface area contributed by atoms with E-state index in [1.807, 2.05) is 0 Å². The third-order valence-electron chi connectivity index (χ3n) is 1.01. The summed E-state index contributed by atoms with van der Waals surface area (Å²) in [7, 11) is 1.43. The molecule has 0 rings (SSSR count). The van der Waals surface area contributed by atoms with Crippen molar-refractivity contribution in [2.24, 2.45) is 0 Å². The van der Waals surface area contributed by atoms with Crippen LogP contribution in [0.25, 0.3) is 0 Å². The summed E-state index contributed by atoms with van der Waals surface area (Å²) in [5, 5.41) is 1.35. The Kier molecular flexibility index (Phi) is 7.57. The van der Waals surface area contributed by atoms with Crippen molar-refractivity contribution in [2.75, 3.05) is 17.8 Å². The first-order valence-corrected chi connectivity index (χ1v) is 5.28. The lowest BCUT2D eigenvalue weighted by Gasteiger charge is -2.15. The van der Waals surface area contributed by atoms with Gasteiger partial charge in [-0.25, -0.2) is 0 Å². The number of rotatable bonds is 6. The molecule has 0 aromatic rings. The average Bonchev–Trinajstić information content (AvgIpc) is 2.07. The van der Waals surface area contributed by atoms with Crippen molar-refractivity contribution in [2.45, 2.75) is 12.4 Å². The number of hydrogen-bond acceptors (Lipinski definition) is 3. The van der Waals surface area contributed by atoms with Crippen molar-refractivity contribution >= 4 is 38.1 Å². The third kappa shape index (κ3) is 4.90. The van der Waals surface area contributed by atoms with Gasteiger partial charge >= 0.3 is 0 Å². The van der Waals surface area contributed by atoms with E-state index in [-0.39, 0.29) is 6.10 Å². The molecule has 0 fully saturated rings. The van der Waals surface area contributed by atoms with Crippen molar-refractivity contribution in [3.05, 3.63) is 0 Å². The molecule has 5 heteroatoms. The molecular formula is C6H10Br2O3. The van der Waals surface area contributed by atoms with Crippen LogP contribution in [-0.4, -0.2) is 36.5 Å². The maximum Gasteiger partial charge on any atom is 0.214 e. The smallest absolute Gasteiger partial charge is 0.214 e. The van der Waals surface area contributed by atoms with Gasteiger partial charge in [-0.1, -0.05) is 31.9 Å². The lowest BCUT2D eigenvalue weighted by molar-refractivity contribution is -0.158. The molecule has 0 N–H and O–H groups in total. The van der Waals surface area contributed by atoms with E-state index in [0.717, 1.165) is 0 Å². The zero-order valence-electron chi connectivity index (χ0n) is 6.13. The normalized spacial score (nSPS) is 13.5. The topological polar surface area (TPSA) is 35.5 Å². The number of ether oxygens (including phenoxy) is 2. The van der Waals surface area contributed by atoms with Crippen molar-refractivity contribution in [3.8, 4) is 0 Å². The van der Waals surface area contributed by atoms with Crippen LogP contribution >= 0.6 is 31.9 Å². The van der Waals surface area contributed by atoms with Gasteiger partial charge in [-0.15, -0.1) is 0 Å². The molecule has 11 heavy (non-hydrogen) atoms. The predicted octanol–water partition coefficient (Wildman–Crippen LogP) is 1.33. The van der Waals surface area contributed by atoms with Gasteiger partial charge in [-0.05, 0) is 0 Å². The minimum Gasteiger partial charge on any atom is -0.350 e. The summed E-state index contributed by atoms with van der Waals surface area (Å²) in [6.45, 7) is 0. The van der Waals surface area contributed by atoms with Crippen molar-refractivity contribution in [1.82, 2.24) is 0 Å². The summed E-state index contributed by atoms with van der Waals surface area (Å²) >= 11 is 6.47. The molecule has 0 saturated carbocycles. The zero-order valence-corrected chi connectivity index (χ0v) is 9.30. The van der Waals surface area contributed by atoms with E-state index >= 15 is 0 Å². The Morgan fingerprint density at radius 3 is 2.27 bits per heavy atom. The molecular weight excluding hydrogens is 280 g/mol. The standard InChI is InChI=1S/C6H10Br2O3/c1-10-6(4-9)11-5(2-7)3-8/h4-6H,2-3H2,1H3/t6-/m1/s1. The van der Waals surface area contributed by atoms with Crippen LogP contribution in [0.4, 0.5) is 0 Å². The summed E-state index contributed by atoms with van der Waals surface area (Å²) in [6.07, 6.45) is -0.168. The first-order chi connectivity index (χ1) is 5.28. The Bertz CT molecular complexity index is 106. The second-order valence-corrected chi connectivity index (χ2v) is 3.10. The highest BCUT2D eigenvalue weighted by Gasteiger charge is 2.12. The van der Waals surface area contributed by atoms with Gasteiger partial charge in [0.25, 0.3) is 0 Å². The maximum absolute atomic E-state index is 10.2. The van der Waals surface area contributed by atoms with Crippen molar-refractivity contribution in [3.63, 3.8) is 0 Å². The van der Waals surface area contributed by atoms with E-state index < -0.39 is 6.29 Å². The van der Waals surface area contributed by atoms with Crippen LogP contribution < -0.4 is 0 Å². The van der Waals surface area contributed by atoms with E-state index in [0.29, 0.717) is 16.9 Å². The number of aldehydes is 1. The summed E-state index contributed by atoms with van der Waals surface area (Å²) in [6, 6.07) is 0. The molecule has 0 aromatic carbocycles. The van der Waals surface area contributed by atoms with Gasteiger partial charge in [-0.2, -0.15) is 0 Å². The quantitative estimate of drug-likeness (QED) is 0.420. The summed E-state index contributed by atoms with van der Waals surface area (Å²) in [5.74, 6) is 0. The maximum atomic E-state index is 10.2. The van der Waals surface area contributed by atoms with Gasteiger partial charge < -0.3 is 9.47 Å². The predicted molar refractivity (Wildman–Crippen MR) is 49.3 cm³/mol. The second kappa shape index (κ2) is 7.21. The van der Waals surface area contributed by atoms with Gasteiger partial charge in [0.05, 0.1) is 6.10 Å². The van der Waals surface area contributed by atoms with Crippen LogP contribution in [0.2, 0.25) is 0 Å². The minimum atomic E-state index is -0.755. The first-order valence-electron chi connectivity index (χ1n) is 3.04. The lowest BCUT2D eigenvalue weighted by Crippen LogP contribution is -2.27. The molecule has 1 atom stereocenters. The molecule has 0 spiro atoms. The number of carbonyl (C=O) groups excluding carboxylic acids is 1. The number of hydrogen-bond donors (Lipinski definition) is 0. The van der Waals surface area contributed by atoms with E-state index in [1.165, 1.54) is 7.11 Å². The largest absolute Gasteiger partial charge is 0.350 e. The van der Waals surface area contributed by atoms with Gasteiger partial charge in [-0.3, -0.25) is 4.79 Å². The van der Waals surface area contributed by atoms with E-state index in [1.54, 1.807) is 0 Å². The summed E-state index contributed by atoms with van der Waals surface area (Å²) in [4.78, 5) is 10.2. The van der Waals surface area contributed by atoms with Crippen molar-refractivity contribution in [1.29, 1.82) is 0 Å². The number of halogens is 2. The molecule has 0 aromatic heterocycles. The third-order valence-corrected chi connectivity index (χ3v) is 2.46. The van der Waals surface area contributed by atoms with E-state index in [2.05, 4.69) is 31.9 Å². The lowest BCUT2D eigenvalue weighted by atomic mass is 10.5. The molecule has 0 unspecified atom stereocenters. The van der Waals surface area contributed by atoms with Gasteiger partial charge in [0.2, 0.25) is 6.29 Å². The molecule has 0 bridgehead atoms. The van der Waals surface area contributed by atoms with E-state index in [9.17, 15) is 4.79 Å². The summed E-state index contributed by atoms with van der Waals surface area (Å²) in [5.41, 5.74) is 0. The van der Waals surface area contributed by atoms with E-state index in [4.69, 9.17) is 9.47 Å². The molecule has 0 aliphatic rings. The van der Waals surface area contributed by atoms with Crippen LogP contribution in [-0.2, 0) is 14.3 Å². The Hall–Kier alpha value is 0.550. The Morgan fingerprint density at radius 1 is 1.45 bits per heavy atom. The Balaban J connectivity index is 3.67. The first kappa shape index (κ1) is 11.6. The highest BCUT2D eigenvalue weighted by Crippen LogP contribution is 2.04. The van der Waals surface area contributed by atoms with Crippen LogP contribution in [0, 0.1) is 0 Å². The molecule has 0 radical (unpaired) electrons. The minimum absolute atomic E-state index is 0.0369. The number of methoxy groups -OCH3 is 1. The zero-order chi connectivity index (χ0) is 8.69. The van der Waals surface area contributed by atoms with Crippen molar-refractivity contribution < 1.29 is 14.3 Å². The number of alkyl halides is 2. The molecule has 66 valence electrons. The highest BCUT2D eigenvalue weighted by atomic mass is 79.9. The van der Waals surface area contributed by atoms with Gasteiger partial charge in [0, 0.05) is 17.8 Å². The Labute approximate surface area is 82.7 Å². The van der Waals surface area contributed by atoms with Crippen LogP contribution in [0.3, 0.4) is 0 Å². The van der Waals surface area contributed by atoms with Crippen LogP contribution in [0.15, 0.2) is 0 Å². The van der Waals surface area contributed by atoms with Gasteiger partial charge in [0.15, 0.2) is 6.29 Å². The molecule has 0 aliphatic carbocycles. The fourth-order valence-electron chi connectivity index (χ4n) is 0.447. The molecule has 0 amide bonds. The molecule has 3 nitrogen and oxygen atoms in total. The van der Waals surface area contributed by atoms with Crippen LogP contribution in [0.5, 0.6) is 0 Å². The molecule has 0 aliphatic heterocycles. The second-order valence-electron chi connectivity index (χ2n) is 1.81. The fourth-order valence-corrected chi connectivity index (χ4v) is 1.82. The van der Waals surface area contributed by atoms with Crippen LogP contribution in [0.1, 0.15) is 0 Å². The fraction of sp³-hybridized carbons (Fsp3) is 0.833. The molecule has 0 saturated heterocycles. The monoisotopic (exact) mass is 288 g/mol. The highest BCUT2D eigenvalue weighted by molar-refractivity contribution is 9.09.